The summed E-state index contributed by atoms with van der Waals surface area (Å²) in [5.74, 6) is -0.330. The number of carbonyl (C=O) groups excluding carboxylic acids is 1. The summed E-state index contributed by atoms with van der Waals surface area (Å²) in [6.45, 7) is 7.73. The van der Waals surface area contributed by atoms with Crippen LogP contribution in [-0.2, 0) is 9.53 Å². The molecule has 0 N–H and O–H groups in total. The maximum absolute atomic E-state index is 11.3. The molecule has 1 aliphatic rings. The van der Waals surface area contributed by atoms with Gasteiger partial charge in [-0.1, -0.05) is 13.0 Å². The summed E-state index contributed by atoms with van der Waals surface area (Å²) in [6.07, 6.45) is 7.39. The molecule has 0 aromatic rings. The van der Waals surface area contributed by atoms with E-state index in [1.807, 2.05) is 6.92 Å². The SMILES string of the molecule is C=CC(=O)OC(C)[N+](C)(C)C1(C)CCCCC1.[Cl-]. The largest absolute Gasteiger partial charge is 1.00 e. The molecular formula is C14H26ClNO2. The zero-order valence-electron chi connectivity index (χ0n) is 12.0. The maximum atomic E-state index is 11.3. The molecule has 1 unspecified atom stereocenters. The Kier molecular flexibility index (Phi) is 6.38. The summed E-state index contributed by atoms with van der Waals surface area (Å²) >= 11 is 0. The third-order valence-corrected chi connectivity index (χ3v) is 4.68. The summed E-state index contributed by atoms with van der Waals surface area (Å²) in [7, 11) is 4.32. The van der Waals surface area contributed by atoms with Crippen LogP contribution < -0.4 is 12.4 Å². The van der Waals surface area contributed by atoms with Gasteiger partial charge in [0, 0.05) is 25.8 Å². The highest BCUT2D eigenvalue weighted by atomic mass is 35.5. The Balaban J connectivity index is 0.00000289. The van der Waals surface area contributed by atoms with Crippen molar-refractivity contribution in [2.24, 2.45) is 0 Å². The van der Waals surface area contributed by atoms with E-state index in [9.17, 15) is 4.79 Å². The molecule has 3 nitrogen and oxygen atoms in total. The van der Waals surface area contributed by atoms with E-state index in [1.165, 1.54) is 38.2 Å². The molecule has 0 aliphatic heterocycles. The van der Waals surface area contributed by atoms with Crippen molar-refractivity contribution in [3.63, 3.8) is 0 Å². The molecule has 1 rings (SSSR count). The summed E-state index contributed by atoms with van der Waals surface area (Å²) < 4.78 is 6.13. The van der Waals surface area contributed by atoms with Crippen LogP contribution in [0.4, 0.5) is 0 Å². The van der Waals surface area contributed by atoms with Crippen LogP contribution >= 0.6 is 0 Å². The van der Waals surface area contributed by atoms with Gasteiger partial charge in [0.2, 0.25) is 6.23 Å². The van der Waals surface area contributed by atoms with Gasteiger partial charge in [0.1, 0.15) is 0 Å². The maximum Gasteiger partial charge on any atom is 0.334 e. The van der Waals surface area contributed by atoms with Crippen molar-refractivity contribution in [1.82, 2.24) is 0 Å². The molecule has 0 heterocycles. The number of hydrogen-bond donors (Lipinski definition) is 0. The molecule has 0 bridgehead atoms. The highest BCUT2D eigenvalue weighted by molar-refractivity contribution is 5.81. The molecule has 106 valence electrons. The van der Waals surface area contributed by atoms with Crippen LogP contribution in [0.25, 0.3) is 0 Å². The van der Waals surface area contributed by atoms with Crippen LogP contribution in [0.5, 0.6) is 0 Å². The van der Waals surface area contributed by atoms with E-state index in [4.69, 9.17) is 4.74 Å². The normalized spacial score (nSPS) is 20.4. The minimum absolute atomic E-state index is 0. The van der Waals surface area contributed by atoms with Crippen LogP contribution in [-0.4, -0.2) is 36.3 Å². The second kappa shape index (κ2) is 6.58. The lowest BCUT2D eigenvalue weighted by Gasteiger charge is -2.51. The predicted octanol–water partition coefficient (Wildman–Crippen LogP) is -0.135. The second-order valence-electron chi connectivity index (χ2n) is 5.84. The van der Waals surface area contributed by atoms with Gasteiger partial charge in [0.25, 0.3) is 0 Å². The molecule has 0 radical (unpaired) electrons. The number of carbonyl (C=O) groups is 1. The molecule has 0 aromatic carbocycles. The van der Waals surface area contributed by atoms with Crippen molar-refractivity contribution in [3.05, 3.63) is 12.7 Å². The lowest BCUT2D eigenvalue weighted by atomic mass is 9.80. The van der Waals surface area contributed by atoms with Crippen molar-refractivity contribution in [2.75, 3.05) is 14.1 Å². The molecule has 1 atom stereocenters. The standard InChI is InChI=1S/C14H26NO2.ClH/c1-6-13(16)17-12(2)15(4,5)14(3)10-8-7-9-11-14;/h6,12H,1,7-11H2,2-5H3;1H/q+1;/p-1. The second-order valence-corrected chi connectivity index (χ2v) is 5.84. The zero-order chi connectivity index (χ0) is 13.1. The van der Waals surface area contributed by atoms with Crippen LogP contribution in [0.2, 0.25) is 0 Å². The van der Waals surface area contributed by atoms with E-state index in [1.54, 1.807) is 0 Å². The quantitative estimate of drug-likeness (QED) is 0.309. The Labute approximate surface area is 117 Å². The topological polar surface area (TPSA) is 26.3 Å². The molecule has 1 fully saturated rings. The zero-order valence-corrected chi connectivity index (χ0v) is 12.8. The fraction of sp³-hybridized carbons (Fsp3) is 0.786. The van der Waals surface area contributed by atoms with Crippen molar-refractivity contribution >= 4 is 5.97 Å². The van der Waals surface area contributed by atoms with E-state index >= 15 is 0 Å². The molecule has 0 spiro atoms. The molecule has 4 heteroatoms. The molecule has 0 saturated heterocycles. The Hall–Kier alpha value is -0.540. The highest BCUT2D eigenvalue weighted by Crippen LogP contribution is 2.38. The monoisotopic (exact) mass is 275 g/mol. The number of ether oxygens (including phenoxy) is 1. The molecule has 1 aliphatic carbocycles. The van der Waals surface area contributed by atoms with Crippen LogP contribution in [0.1, 0.15) is 46.0 Å². The van der Waals surface area contributed by atoms with E-state index < -0.39 is 0 Å². The predicted molar refractivity (Wildman–Crippen MR) is 69.3 cm³/mol. The number of rotatable bonds is 4. The van der Waals surface area contributed by atoms with E-state index in [2.05, 4.69) is 27.6 Å². The number of halogens is 1. The Morgan fingerprint density at radius 3 is 2.28 bits per heavy atom. The summed E-state index contributed by atoms with van der Waals surface area (Å²) in [5, 5.41) is 0. The smallest absolute Gasteiger partial charge is 0.334 e. The number of nitrogens with zero attached hydrogens (tertiary/aromatic N) is 1. The van der Waals surface area contributed by atoms with Gasteiger partial charge in [-0.15, -0.1) is 0 Å². The first-order chi connectivity index (χ1) is 7.83. The number of esters is 1. The van der Waals surface area contributed by atoms with Gasteiger partial charge in [-0.2, -0.15) is 0 Å². The lowest BCUT2D eigenvalue weighted by Crippen LogP contribution is -3.00. The summed E-state index contributed by atoms with van der Waals surface area (Å²) in [4.78, 5) is 11.3. The Morgan fingerprint density at radius 2 is 1.83 bits per heavy atom. The fourth-order valence-electron chi connectivity index (χ4n) is 2.68. The first-order valence-electron chi connectivity index (χ1n) is 6.50. The van der Waals surface area contributed by atoms with Gasteiger partial charge in [0.05, 0.1) is 19.6 Å². The Bertz CT molecular complexity index is 296. The fourth-order valence-corrected chi connectivity index (χ4v) is 2.68. The molecular weight excluding hydrogens is 250 g/mol. The van der Waals surface area contributed by atoms with Crippen molar-refractivity contribution in [1.29, 1.82) is 0 Å². The molecule has 18 heavy (non-hydrogen) atoms. The van der Waals surface area contributed by atoms with Crippen molar-refractivity contribution < 1.29 is 26.4 Å². The summed E-state index contributed by atoms with van der Waals surface area (Å²) in [6, 6.07) is 0. The first-order valence-corrected chi connectivity index (χ1v) is 6.50. The van der Waals surface area contributed by atoms with Crippen LogP contribution in [0.3, 0.4) is 0 Å². The van der Waals surface area contributed by atoms with Crippen molar-refractivity contribution in [3.8, 4) is 0 Å². The van der Waals surface area contributed by atoms with Gasteiger partial charge in [-0.3, -0.25) is 4.48 Å². The van der Waals surface area contributed by atoms with Gasteiger partial charge >= 0.3 is 5.97 Å². The minimum Gasteiger partial charge on any atom is -1.00 e. The number of quaternary nitrogens is 1. The van der Waals surface area contributed by atoms with Gasteiger partial charge in [-0.05, 0) is 19.8 Å². The molecule has 1 saturated carbocycles. The van der Waals surface area contributed by atoms with Crippen molar-refractivity contribution in [2.45, 2.75) is 57.7 Å². The minimum atomic E-state index is -0.330. The van der Waals surface area contributed by atoms with Gasteiger partial charge < -0.3 is 17.1 Å². The van der Waals surface area contributed by atoms with Gasteiger partial charge in [-0.25, -0.2) is 4.79 Å². The molecule has 0 amide bonds. The summed E-state index contributed by atoms with van der Waals surface area (Å²) in [5.41, 5.74) is 0.207. The first kappa shape index (κ1) is 17.5. The van der Waals surface area contributed by atoms with E-state index in [-0.39, 0.29) is 30.1 Å². The van der Waals surface area contributed by atoms with E-state index in [0.717, 1.165) is 4.48 Å². The Morgan fingerprint density at radius 1 is 1.33 bits per heavy atom. The average molecular weight is 276 g/mol. The van der Waals surface area contributed by atoms with Gasteiger partial charge in [0.15, 0.2) is 0 Å². The lowest BCUT2D eigenvalue weighted by molar-refractivity contribution is -0.979. The van der Waals surface area contributed by atoms with Crippen LogP contribution in [0.15, 0.2) is 12.7 Å². The third kappa shape index (κ3) is 3.48. The van der Waals surface area contributed by atoms with E-state index in [0.29, 0.717) is 0 Å². The van der Waals surface area contributed by atoms with Crippen LogP contribution in [0, 0.1) is 0 Å². The molecule has 0 aromatic heterocycles. The highest BCUT2D eigenvalue weighted by Gasteiger charge is 2.46. The average Bonchev–Trinajstić information content (AvgIpc) is 2.29. The number of hydrogen-bond acceptors (Lipinski definition) is 2. The third-order valence-electron chi connectivity index (χ3n) is 4.68.